The third-order valence-electron chi connectivity index (χ3n) is 9.66. The van der Waals surface area contributed by atoms with Crippen LogP contribution in [0.15, 0.2) is 181 Å². The van der Waals surface area contributed by atoms with E-state index in [1.54, 1.807) is 23.9 Å². The van der Waals surface area contributed by atoms with Gasteiger partial charge in [-0.3, -0.25) is 0 Å². The van der Waals surface area contributed by atoms with Crippen LogP contribution in [0.4, 0.5) is 0 Å². The number of phenolic OH excluding ortho intramolecular Hbond substituents is 5. The first-order valence-corrected chi connectivity index (χ1v) is 17.9. The summed E-state index contributed by atoms with van der Waals surface area (Å²) >= 11 is 1.67. The molecule has 5 aromatic carbocycles. The van der Waals surface area contributed by atoms with Crippen molar-refractivity contribution in [3.05, 3.63) is 187 Å². The Morgan fingerprint density at radius 3 is 2.06 bits per heavy atom. The van der Waals surface area contributed by atoms with E-state index in [0.29, 0.717) is 11.0 Å². The van der Waals surface area contributed by atoms with Crippen molar-refractivity contribution in [1.82, 2.24) is 9.47 Å². The molecule has 1 aromatic heterocycles. The molecule has 0 amide bonds. The number of nitrogens with zero attached hydrogens (tertiary/aromatic N) is 2. The van der Waals surface area contributed by atoms with Crippen LogP contribution in [0.5, 0.6) is 28.7 Å². The monoisotopic (exact) mass is 726 g/mol. The van der Waals surface area contributed by atoms with Crippen molar-refractivity contribution in [2.45, 2.75) is 4.90 Å². The van der Waals surface area contributed by atoms with Crippen molar-refractivity contribution in [1.29, 1.82) is 0 Å². The molecule has 2 aliphatic rings. The minimum absolute atomic E-state index is 0.272. The van der Waals surface area contributed by atoms with Gasteiger partial charge in [-0.05, 0) is 98.2 Å². The Morgan fingerprint density at radius 2 is 1.26 bits per heavy atom. The highest BCUT2D eigenvalue weighted by Crippen LogP contribution is 2.54. The van der Waals surface area contributed by atoms with Crippen molar-refractivity contribution >= 4 is 55.5 Å². The lowest BCUT2D eigenvalue weighted by molar-refractivity contribution is 0.327. The van der Waals surface area contributed by atoms with Gasteiger partial charge < -0.3 is 35.0 Å². The van der Waals surface area contributed by atoms with Crippen LogP contribution >= 0.6 is 11.8 Å². The van der Waals surface area contributed by atoms with Gasteiger partial charge in [0.2, 0.25) is 17.2 Å². The third-order valence-corrected chi connectivity index (χ3v) is 10.6. The molecule has 0 saturated carbocycles. The van der Waals surface area contributed by atoms with E-state index in [2.05, 4.69) is 67.6 Å². The summed E-state index contributed by atoms with van der Waals surface area (Å²) < 4.78 is 1.54. The number of benzene rings is 5. The van der Waals surface area contributed by atoms with Gasteiger partial charge in [0.25, 0.3) is 0 Å². The summed E-state index contributed by atoms with van der Waals surface area (Å²) in [7, 11) is 0. The highest BCUT2D eigenvalue weighted by molar-refractivity contribution is 8.02. The fraction of sp³-hybridized carbons (Fsp3) is 0. The predicted octanol–water partition coefficient (Wildman–Crippen LogP) is 11.1. The molecule has 8 rings (SSSR count). The minimum atomic E-state index is -1.02. The topological polar surface area (TPSA) is 109 Å². The van der Waals surface area contributed by atoms with E-state index in [4.69, 9.17) is 0 Å². The average Bonchev–Trinajstić information content (AvgIpc) is 3.49. The molecule has 2 aliphatic heterocycles. The van der Waals surface area contributed by atoms with Crippen LogP contribution in [0.1, 0.15) is 11.1 Å². The summed E-state index contributed by atoms with van der Waals surface area (Å²) in [5, 5.41) is 58.7. The summed E-state index contributed by atoms with van der Waals surface area (Å²) in [6, 6.07) is 25.7. The molecule has 0 fully saturated rings. The summed E-state index contributed by atoms with van der Waals surface area (Å²) in [6.07, 6.45) is 17.9. The number of phenols is 5. The SMILES string of the molecule is C=C1/C=C\C=C/N(C2=C/C(=C)c3ccc4ccccc4c3S/C=C\2)/C=C\C(c2ccc3c(c2)c2ccccc2n3-c2c(O)c(O)c(O)c(O)c2O)=C/C1=C. The molecule has 5 N–H and O–H groups in total. The first-order valence-electron chi connectivity index (χ1n) is 17.0. The summed E-state index contributed by atoms with van der Waals surface area (Å²) in [6.45, 7) is 13.0. The first kappa shape index (κ1) is 34.1. The van der Waals surface area contributed by atoms with Gasteiger partial charge in [-0.15, -0.1) is 0 Å². The van der Waals surface area contributed by atoms with Crippen LogP contribution < -0.4 is 0 Å². The van der Waals surface area contributed by atoms with E-state index in [1.165, 1.54) is 20.2 Å². The van der Waals surface area contributed by atoms with E-state index in [-0.39, 0.29) is 5.69 Å². The lowest BCUT2D eigenvalue weighted by Gasteiger charge is -2.21. The first-order chi connectivity index (χ1) is 26.1. The zero-order valence-electron chi connectivity index (χ0n) is 28.9. The number of hydrogen-bond donors (Lipinski definition) is 5. The molecular formula is C46H34N2O5S. The lowest BCUT2D eigenvalue weighted by Crippen LogP contribution is -2.08. The largest absolute Gasteiger partial charge is 0.503 e. The zero-order chi connectivity index (χ0) is 37.7. The molecule has 7 nitrogen and oxygen atoms in total. The van der Waals surface area contributed by atoms with Crippen molar-refractivity contribution in [2.75, 3.05) is 0 Å². The van der Waals surface area contributed by atoms with E-state index in [0.717, 1.165) is 49.9 Å². The molecule has 0 bridgehead atoms. The summed E-state index contributed by atoms with van der Waals surface area (Å²) in [5.74, 6) is -4.48. The summed E-state index contributed by atoms with van der Waals surface area (Å²) in [5.41, 5.74) is 6.89. The number of thioether (sulfide) groups is 1. The number of para-hydroxylation sites is 1. The number of rotatable bonds is 3. The second-order valence-corrected chi connectivity index (χ2v) is 13.8. The van der Waals surface area contributed by atoms with Crippen molar-refractivity contribution < 1.29 is 25.5 Å². The number of aromatic hydroxyl groups is 5. The molecule has 54 heavy (non-hydrogen) atoms. The smallest absolute Gasteiger partial charge is 0.208 e. The Morgan fingerprint density at radius 1 is 0.556 bits per heavy atom. The Balaban J connectivity index is 1.25. The molecular weight excluding hydrogens is 693 g/mol. The molecule has 264 valence electrons. The quantitative estimate of drug-likeness (QED) is 0.0912. The highest BCUT2D eigenvalue weighted by atomic mass is 32.2. The second kappa shape index (κ2) is 13.5. The Hall–Kier alpha value is -7.03. The van der Waals surface area contributed by atoms with Crippen molar-refractivity contribution in [3.63, 3.8) is 0 Å². The van der Waals surface area contributed by atoms with E-state index >= 15 is 0 Å². The van der Waals surface area contributed by atoms with Gasteiger partial charge in [0.05, 0.1) is 11.0 Å². The molecule has 8 heteroatoms. The van der Waals surface area contributed by atoms with Gasteiger partial charge in [0.15, 0.2) is 11.5 Å². The van der Waals surface area contributed by atoms with E-state index < -0.39 is 28.7 Å². The van der Waals surface area contributed by atoms with Gasteiger partial charge in [-0.1, -0.05) is 104 Å². The third kappa shape index (κ3) is 5.75. The Bertz CT molecular complexity index is 2780. The lowest BCUT2D eigenvalue weighted by atomic mass is 9.98. The summed E-state index contributed by atoms with van der Waals surface area (Å²) in [4.78, 5) is 3.20. The molecule has 6 aromatic rings. The number of allylic oxidation sites excluding steroid dienone is 11. The fourth-order valence-corrected chi connectivity index (χ4v) is 7.83. The van der Waals surface area contributed by atoms with Gasteiger partial charge in [-0.25, -0.2) is 0 Å². The average molecular weight is 727 g/mol. The van der Waals surface area contributed by atoms with Crippen molar-refractivity contribution in [3.8, 4) is 34.4 Å². The fourth-order valence-electron chi connectivity index (χ4n) is 6.85. The molecule has 0 spiro atoms. The van der Waals surface area contributed by atoms with Crippen LogP contribution in [-0.2, 0) is 0 Å². The van der Waals surface area contributed by atoms with Crippen molar-refractivity contribution in [2.24, 2.45) is 0 Å². The van der Waals surface area contributed by atoms with Crippen LogP contribution in [0.2, 0.25) is 0 Å². The van der Waals surface area contributed by atoms with Gasteiger partial charge in [0, 0.05) is 33.8 Å². The van der Waals surface area contributed by atoms with Gasteiger partial charge in [0.1, 0.15) is 5.69 Å². The predicted molar refractivity (Wildman–Crippen MR) is 221 cm³/mol. The second-order valence-electron chi connectivity index (χ2n) is 12.9. The maximum Gasteiger partial charge on any atom is 0.208 e. The molecule has 0 unspecified atom stereocenters. The Kier molecular flexibility index (Phi) is 8.52. The van der Waals surface area contributed by atoms with Crippen LogP contribution in [0.25, 0.3) is 49.4 Å². The zero-order valence-corrected chi connectivity index (χ0v) is 29.8. The molecule has 3 heterocycles. The number of aromatic nitrogens is 1. The maximum absolute atomic E-state index is 10.9. The highest BCUT2D eigenvalue weighted by Gasteiger charge is 2.27. The maximum atomic E-state index is 10.9. The van der Waals surface area contributed by atoms with Gasteiger partial charge >= 0.3 is 0 Å². The van der Waals surface area contributed by atoms with E-state index in [9.17, 15) is 25.5 Å². The molecule has 0 atom stereocenters. The van der Waals surface area contributed by atoms with Crippen LogP contribution in [-0.4, -0.2) is 35.0 Å². The normalized spacial score (nSPS) is 19.3. The van der Waals surface area contributed by atoms with Gasteiger partial charge in [-0.2, -0.15) is 0 Å². The molecule has 0 aliphatic carbocycles. The minimum Gasteiger partial charge on any atom is -0.503 e. The molecule has 0 radical (unpaired) electrons. The van der Waals surface area contributed by atoms with Crippen LogP contribution in [0.3, 0.4) is 0 Å². The Labute approximate surface area is 315 Å². The van der Waals surface area contributed by atoms with E-state index in [1.807, 2.05) is 84.1 Å². The molecule has 0 saturated heterocycles. The van der Waals surface area contributed by atoms with Crippen LogP contribution in [0, 0.1) is 0 Å². The standard InChI is InChI=1S/C46H34N2O5S/c1-27-10-8-9-21-47(33-20-23-54-46-34(29(3)25-33)17-15-30-11-4-5-12-35(30)46)22-19-32(24-28(27)2)31-16-18-39-37(26-31)36-13-6-7-14-38(36)48(39)40-41(49)43(51)45(53)44(52)42(40)50/h4-26,49-53H,1-3H2/b10-8-,21-9-,22-19-,23-20-,32-24+,33-25+. The number of fused-ring (bicyclic) bond motifs is 6. The number of hydrogen-bond acceptors (Lipinski definition) is 7.